The molecule has 4 nitrogen and oxygen atoms in total. The molecule has 0 spiro atoms. The Hall–Kier alpha value is -1.08. The second-order valence-electron chi connectivity index (χ2n) is 4.78. The van der Waals surface area contributed by atoms with E-state index in [1.807, 2.05) is 13.8 Å². The summed E-state index contributed by atoms with van der Waals surface area (Å²) in [6, 6.07) is -0.783. The molecule has 7 heteroatoms. The van der Waals surface area contributed by atoms with Crippen LogP contribution in [0.5, 0.6) is 0 Å². The van der Waals surface area contributed by atoms with Crippen LogP contribution in [0, 0.1) is 13.8 Å². The Balaban J connectivity index is 1.75. The highest BCUT2D eigenvalue weighted by Gasteiger charge is 2.42. The zero-order valence-corrected chi connectivity index (χ0v) is 11.7. The first-order valence-corrected chi connectivity index (χ1v) is 7.01. The van der Waals surface area contributed by atoms with E-state index < -0.39 is 24.9 Å². The van der Waals surface area contributed by atoms with Gasteiger partial charge in [-0.3, -0.25) is 10.1 Å². The summed E-state index contributed by atoms with van der Waals surface area (Å²) in [4.78, 5) is 17.2. The van der Waals surface area contributed by atoms with Gasteiger partial charge in [0.1, 0.15) is 0 Å². The van der Waals surface area contributed by atoms with Gasteiger partial charge in [-0.15, -0.1) is 11.3 Å². The topological polar surface area (TPSA) is 54.0 Å². The van der Waals surface area contributed by atoms with Gasteiger partial charge in [0.2, 0.25) is 5.91 Å². The SMILES string of the molecule is Cc1nc(CCNC(=O)C2CC(F)(F)CN2)sc1C. The van der Waals surface area contributed by atoms with Crippen molar-refractivity contribution >= 4 is 17.2 Å². The molecule has 106 valence electrons. The molecule has 0 bridgehead atoms. The fraction of sp³-hybridized carbons (Fsp3) is 0.667. The lowest BCUT2D eigenvalue weighted by Gasteiger charge is -2.10. The smallest absolute Gasteiger partial charge is 0.262 e. The lowest BCUT2D eigenvalue weighted by molar-refractivity contribution is -0.123. The monoisotopic (exact) mass is 289 g/mol. The fourth-order valence-corrected chi connectivity index (χ4v) is 2.90. The molecule has 0 aromatic carbocycles. The van der Waals surface area contributed by atoms with Crippen LogP contribution >= 0.6 is 11.3 Å². The molecule has 0 aliphatic carbocycles. The Morgan fingerprint density at radius 3 is 2.84 bits per heavy atom. The summed E-state index contributed by atoms with van der Waals surface area (Å²) in [5.41, 5.74) is 1.00. The van der Waals surface area contributed by atoms with E-state index >= 15 is 0 Å². The number of aryl methyl sites for hydroxylation is 2. The number of carbonyl (C=O) groups excluding carboxylic acids is 1. The molecule has 0 saturated carbocycles. The Bertz CT molecular complexity index is 456. The van der Waals surface area contributed by atoms with Crippen LogP contribution in [0.2, 0.25) is 0 Å². The van der Waals surface area contributed by atoms with Crippen molar-refractivity contribution in [2.24, 2.45) is 0 Å². The first-order chi connectivity index (χ1) is 8.87. The molecule has 1 amide bonds. The standard InChI is InChI=1S/C12H17F2N3OS/c1-7-8(2)19-10(17-7)3-4-15-11(18)9-5-12(13,14)6-16-9/h9,16H,3-6H2,1-2H3,(H,15,18). The van der Waals surface area contributed by atoms with E-state index in [1.165, 1.54) is 4.88 Å². The minimum atomic E-state index is -2.77. The van der Waals surface area contributed by atoms with Gasteiger partial charge in [0, 0.05) is 24.3 Å². The number of halogens is 2. The van der Waals surface area contributed by atoms with E-state index in [0.29, 0.717) is 13.0 Å². The van der Waals surface area contributed by atoms with Crippen LogP contribution < -0.4 is 10.6 Å². The molecule has 1 aromatic heterocycles. The predicted molar refractivity (Wildman–Crippen MR) is 69.7 cm³/mol. The highest BCUT2D eigenvalue weighted by Crippen LogP contribution is 2.25. The van der Waals surface area contributed by atoms with E-state index in [0.717, 1.165) is 10.7 Å². The van der Waals surface area contributed by atoms with Crippen LogP contribution in [-0.4, -0.2) is 35.9 Å². The number of nitrogens with zero attached hydrogens (tertiary/aromatic N) is 1. The van der Waals surface area contributed by atoms with Crippen LogP contribution in [-0.2, 0) is 11.2 Å². The van der Waals surface area contributed by atoms with Gasteiger partial charge >= 0.3 is 0 Å². The molecule has 1 saturated heterocycles. The molecule has 0 radical (unpaired) electrons. The molecule has 1 aromatic rings. The predicted octanol–water partition coefficient (Wildman–Crippen LogP) is 1.42. The third kappa shape index (κ3) is 3.70. The van der Waals surface area contributed by atoms with Gasteiger partial charge in [-0.2, -0.15) is 0 Å². The van der Waals surface area contributed by atoms with Gasteiger partial charge in [0.15, 0.2) is 0 Å². The Morgan fingerprint density at radius 2 is 2.32 bits per heavy atom. The van der Waals surface area contributed by atoms with E-state index in [-0.39, 0.29) is 5.91 Å². The molecule has 2 N–H and O–H groups in total. The van der Waals surface area contributed by atoms with Crippen molar-refractivity contribution in [3.63, 3.8) is 0 Å². The number of rotatable bonds is 4. The Labute approximate surface area is 114 Å². The molecule has 19 heavy (non-hydrogen) atoms. The summed E-state index contributed by atoms with van der Waals surface area (Å²) >= 11 is 1.60. The summed E-state index contributed by atoms with van der Waals surface area (Å²) in [6.07, 6.45) is 0.211. The van der Waals surface area contributed by atoms with E-state index in [9.17, 15) is 13.6 Å². The third-order valence-electron chi connectivity index (χ3n) is 3.14. The maximum absolute atomic E-state index is 12.9. The largest absolute Gasteiger partial charge is 0.354 e. The highest BCUT2D eigenvalue weighted by atomic mass is 32.1. The second-order valence-corrected chi connectivity index (χ2v) is 6.07. The van der Waals surface area contributed by atoms with Crippen LogP contribution in [0.15, 0.2) is 0 Å². The number of thiazole rings is 1. The molecule has 1 fully saturated rings. The molecule has 1 atom stereocenters. The molecule has 1 aliphatic rings. The number of hydrogen-bond donors (Lipinski definition) is 2. The van der Waals surface area contributed by atoms with Crippen LogP contribution in [0.1, 0.15) is 22.0 Å². The van der Waals surface area contributed by atoms with Gasteiger partial charge in [0.05, 0.1) is 23.3 Å². The van der Waals surface area contributed by atoms with Gasteiger partial charge in [-0.1, -0.05) is 0 Å². The third-order valence-corrected chi connectivity index (χ3v) is 4.27. The number of amides is 1. The van der Waals surface area contributed by atoms with Gasteiger partial charge in [-0.05, 0) is 13.8 Å². The maximum Gasteiger partial charge on any atom is 0.262 e. The van der Waals surface area contributed by atoms with Gasteiger partial charge in [-0.25, -0.2) is 13.8 Å². The van der Waals surface area contributed by atoms with Crippen LogP contribution in [0.25, 0.3) is 0 Å². The lowest BCUT2D eigenvalue weighted by atomic mass is 10.2. The van der Waals surface area contributed by atoms with E-state index in [4.69, 9.17) is 0 Å². The molecular weight excluding hydrogens is 272 g/mol. The summed E-state index contributed by atoms with van der Waals surface area (Å²) in [5, 5.41) is 6.16. The normalized spacial score (nSPS) is 21.6. The van der Waals surface area contributed by atoms with Crippen molar-refractivity contribution in [2.75, 3.05) is 13.1 Å². The Morgan fingerprint density at radius 1 is 1.58 bits per heavy atom. The Kier molecular flexibility index (Phi) is 4.15. The average molecular weight is 289 g/mol. The van der Waals surface area contributed by atoms with Crippen molar-refractivity contribution < 1.29 is 13.6 Å². The van der Waals surface area contributed by atoms with Gasteiger partial charge < -0.3 is 5.32 Å². The average Bonchev–Trinajstić information content (AvgIpc) is 2.83. The molecule has 2 heterocycles. The van der Waals surface area contributed by atoms with E-state index in [2.05, 4.69) is 15.6 Å². The number of hydrogen-bond acceptors (Lipinski definition) is 4. The second kappa shape index (κ2) is 5.50. The number of alkyl halides is 2. The summed E-state index contributed by atoms with van der Waals surface area (Å²) in [7, 11) is 0. The number of aromatic nitrogens is 1. The zero-order valence-electron chi connectivity index (χ0n) is 10.9. The van der Waals surface area contributed by atoms with Crippen LogP contribution in [0.3, 0.4) is 0 Å². The zero-order chi connectivity index (χ0) is 14.0. The molecule has 1 aliphatic heterocycles. The molecular formula is C12H17F2N3OS. The summed E-state index contributed by atoms with van der Waals surface area (Å²) in [5.74, 6) is -3.13. The van der Waals surface area contributed by atoms with Crippen molar-refractivity contribution in [3.05, 3.63) is 15.6 Å². The molecule has 1 unspecified atom stereocenters. The first kappa shape index (κ1) is 14.3. The molecule has 2 rings (SSSR count). The number of nitrogens with one attached hydrogen (secondary N) is 2. The van der Waals surface area contributed by atoms with Crippen LogP contribution in [0.4, 0.5) is 8.78 Å². The van der Waals surface area contributed by atoms with Crippen molar-refractivity contribution in [3.8, 4) is 0 Å². The fourth-order valence-electron chi connectivity index (χ4n) is 1.96. The lowest BCUT2D eigenvalue weighted by Crippen LogP contribution is -2.41. The van der Waals surface area contributed by atoms with E-state index in [1.54, 1.807) is 11.3 Å². The minimum absolute atomic E-state index is 0.359. The quantitative estimate of drug-likeness (QED) is 0.881. The highest BCUT2D eigenvalue weighted by molar-refractivity contribution is 7.11. The first-order valence-electron chi connectivity index (χ1n) is 6.19. The van der Waals surface area contributed by atoms with Crippen molar-refractivity contribution in [1.29, 1.82) is 0 Å². The summed E-state index contributed by atoms with van der Waals surface area (Å²) < 4.78 is 25.9. The van der Waals surface area contributed by atoms with Crippen molar-refractivity contribution in [1.82, 2.24) is 15.6 Å². The summed E-state index contributed by atoms with van der Waals surface area (Å²) in [6.45, 7) is 3.95. The number of carbonyl (C=O) groups is 1. The van der Waals surface area contributed by atoms with Gasteiger partial charge in [0.25, 0.3) is 5.92 Å². The minimum Gasteiger partial charge on any atom is -0.354 e. The maximum atomic E-state index is 12.9. The van der Waals surface area contributed by atoms with Crippen molar-refractivity contribution in [2.45, 2.75) is 38.7 Å².